The van der Waals surface area contributed by atoms with Gasteiger partial charge in [0, 0.05) is 40.6 Å². The molecule has 0 amide bonds. The van der Waals surface area contributed by atoms with Gasteiger partial charge in [-0.1, -0.05) is 13.8 Å². The van der Waals surface area contributed by atoms with Gasteiger partial charge in [-0.15, -0.1) is 0 Å². The second-order valence-electron chi connectivity index (χ2n) is 10.1. The average Bonchev–Trinajstić information content (AvgIpc) is 3.45. The van der Waals surface area contributed by atoms with Gasteiger partial charge >= 0.3 is 0 Å². The van der Waals surface area contributed by atoms with Crippen molar-refractivity contribution in [2.75, 3.05) is 0 Å². The van der Waals surface area contributed by atoms with Gasteiger partial charge in [-0.2, -0.15) is 0 Å². The number of rotatable bonds is 6. The largest absolute Gasteiger partial charge is 0.358 e. The van der Waals surface area contributed by atoms with Gasteiger partial charge in [-0.05, 0) is 125 Å². The summed E-state index contributed by atoms with van der Waals surface area (Å²) in [5, 5.41) is 0. The molecule has 0 radical (unpaired) electrons. The highest BCUT2D eigenvalue weighted by atomic mass is 14.8. The van der Waals surface area contributed by atoms with Crippen LogP contribution in [-0.2, 0) is 19.3 Å². The summed E-state index contributed by atoms with van der Waals surface area (Å²) in [4.78, 5) is 17.1. The molecule has 0 saturated heterocycles. The molecule has 0 fully saturated rings. The van der Waals surface area contributed by atoms with Crippen molar-refractivity contribution in [2.45, 2.75) is 88.5 Å². The summed E-state index contributed by atoms with van der Waals surface area (Å²) in [6, 6.07) is 0. The molecule has 0 bridgehead atoms. The van der Waals surface area contributed by atoms with E-state index in [-0.39, 0.29) is 0 Å². The minimum Gasteiger partial charge on any atom is -0.358 e. The lowest BCUT2D eigenvalue weighted by Crippen LogP contribution is -1.97. The lowest BCUT2D eigenvalue weighted by Gasteiger charge is -2.05. The highest BCUT2D eigenvalue weighted by molar-refractivity contribution is 6.03. The molecular formula is C31H40N4. The zero-order chi connectivity index (χ0) is 25.6. The Hall–Kier alpha value is -3.14. The van der Waals surface area contributed by atoms with Gasteiger partial charge in [0.25, 0.3) is 0 Å². The van der Waals surface area contributed by atoms with E-state index in [2.05, 4.69) is 91.4 Å². The maximum absolute atomic E-state index is 4.80. The lowest BCUT2D eigenvalue weighted by atomic mass is 10.0. The Morgan fingerprint density at radius 2 is 0.943 bits per heavy atom. The first-order chi connectivity index (χ1) is 16.6. The molecule has 2 N–H and O–H groups in total. The number of aromatic nitrogens is 2. The van der Waals surface area contributed by atoms with E-state index in [1.165, 1.54) is 67.3 Å². The van der Waals surface area contributed by atoms with Crippen molar-refractivity contribution in [3.05, 3.63) is 78.7 Å². The van der Waals surface area contributed by atoms with Gasteiger partial charge < -0.3 is 9.97 Å². The monoisotopic (exact) mass is 468 g/mol. The second-order valence-corrected chi connectivity index (χ2v) is 10.1. The Kier molecular flexibility index (Phi) is 6.77. The third-order valence-electron chi connectivity index (χ3n) is 8.19. The maximum Gasteiger partial charge on any atom is 0.0686 e. The third kappa shape index (κ3) is 4.35. The molecule has 0 aromatic carbocycles. The third-order valence-corrected chi connectivity index (χ3v) is 8.19. The van der Waals surface area contributed by atoms with Gasteiger partial charge in [0.1, 0.15) is 0 Å². The van der Waals surface area contributed by atoms with E-state index in [1.54, 1.807) is 0 Å². The summed E-state index contributed by atoms with van der Waals surface area (Å²) >= 11 is 0. The van der Waals surface area contributed by atoms with Crippen molar-refractivity contribution in [2.24, 2.45) is 9.98 Å². The molecule has 2 aromatic heterocycles. The molecule has 35 heavy (non-hydrogen) atoms. The quantitative estimate of drug-likeness (QED) is 0.432. The summed E-state index contributed by atoms with van der Waals surface area (Å²) in [6.07, 6.45) is 7.33. The van der Waals surface area contributed by atoms with Crippen LogP contribution in [0.25, 0.3) is 12.2 Å². The molecule has 4 nitrogen and oxygen atoms in total. The van der Waals surface area contributed by atoms with E-state index >= 15 is 0 Å². The summed E-state index contributed by atoms with van der Waals surface area (Å²) in [5.74, 6) is 0. The Bertz CT molecular complexity index is 1280. The fourth-order valence-corrected chi connectivity index (χ4v) is 5.34. The SMILES string of the molecule is CCc1c(Cc2[nH]c(/C=C3/N=C(C)C(C)=C3C)c(C)c2CC)[nH]c(/C=C2/N=C(C)C(C)=C2C)c1C. The summed E-state index contributed by atoms with van der Waals surface area (Å²) < 4.78 is 0. The number of aliphatic imine (C=N–C) groups is 2. The normalized spacial score (nSPS) is 18.6. The summed E-state index contributed by atoms with van der Waals surface area (Å²) in [5.41, 5.74) is 19.9. The molecule has 0 atom stereocenters. The molecule has 0 spiro atoms. The first-order valence-corrected chi connectivity index (χ1v) is 12.9. The zero-order valence-corrected chi connectivity index (χ0v) is 23.2. The van der Waals surface area contributed by atoms with Crippen LogP contribution < -0.4 is 0 Å². The smallest absolute Gasteiger partial charge is 0.0686 e. The fourth-order valence-electron chi connectivity index (χ4n) is 5.34. The van der Waals surface area contributed by atoms with Crippen LogP contribution in [0.2, 0.25) is 0 Å². The molecule has 4 heteroatoms. The van der Waals surface area contributed by atoms with Crippen LogP contribution >= 0.6 is 0 Å². The van der Waals surface area contributed by atoms with Crippen molar-refractivity contribution < 1.29 is 0 Å². The van der Waals surface area contributed by atoms with Gasteiger partial charge in [0.05, 0.1) is 11.4 Å². The van der Waals surface area contributed by atoms with Crippen molar-refractivity contribution in [1.29, 1.82) is 0 Å². The summed E-state index contributed by atoms with van der Waals surface area (Å²) in [7, 11) is 0. The molecule has 2 aromatic rings. The number of hydrogen-bond acceptors (Lipinski definition) is 2. The Balaban J connectivity index is 1.73. The van der Waals surface area contributed by atoms with Crippen molar-refractivity contribution in [3.63, 3.8) is 0 Å². The number of nitrogens with zero attached hydrogens (tertiary/aromatic N) is 2. The number of aromatic amines is 2. The van der Waals surface area contributed by atoms with E-state index in [4.69, 9.17) is 9.98 Å². The number of H-pyrrole nitrogens is 2. The standard InChI is InChI=1S/C31H40N4/c1-11-24-20(7)28(13-26-18(5)16(3)22(9)32-26)34-30(24)15-31-25(12-2)21(8)29(35-31)14-27-19(6)17(4)23(10)33-27/h13-14,34-35H,11-12,15H2,1-10H3/b26-13+,27-14+. The number of allylic oxidation sites excluding steroid dienone is 4. The number of hydrogen-bond donors (Lipinski definition) is 2. The molecule has 4 heterocycles. The minimum absolute atomic E-state index is 0.868. The van der Waals surface area contributed by atoms with E-state index in [9.17, 15) is 0 Å². The average molecular weight is 469 g/mol. The Morgan fingerprint density at radius 3 is 1.23 bits per heavy atom. The van der Waals surface area contributed by atoms with E-state index in [0.717, 1.165) is 42.1 Å². The van der Waals surface area contributed by atoms with E-state index in [1.807, 2.05) is 0 Å². The predicted octanol–water partition coefficient (Wildman–Crippen LogP) is 7.98. The van der Waals surface area contributed by atoms with Crippen molar-refractivity contribution in [1.82, 2.24) is 9.97 Å². The molecule has 0 saturated carbocycles. The topological polar surface area (TPSA) is 56.3 Å². The van der Waals surface area contributed by atoms with Crippen LogP contribution in [0, 0.1) is 13.8 Å². The Morgan fingerprint density at radius 1 is 0.571 bits per heavy atom. The highest BCUT2D eigenvalue weighted by Gasteiger charge is 2.20. The van der Waals surface area contributed by atoms with Crippen LogP contribution in [-0.4, -0.2) is 21.4 Å². The van der Waals surface area contributed by atoms with Crippen molar-refractivity contribution in [3.8, 4) is 0 Å². The highest BCUT2D eigenvalue weighted by Crippen LogP contribution is 2.32. The van der Waals surface area contributed by atoms with E-state index in [0.29, 0.717) is 0 Å². The van der Waals surface area contributed by atoms with Gasteiger partial charge in [0.2, 0.25) is 0 Å². The number of nitrogens with one attached hydrogen (secondary N) is 2. The van der Waals surface area contributed by atoms with Crippen molar-refractivity contribution >= 4 is 23.6 Å². The maximum atomic E-state index is 4.80. The zero-order valence-electron chi connectivity index (χ0n) is 23.2. The molecule has 2 aliphatic heterocycles. The minimum atomic E-state index is 0.868. The molecule has 0 aliphatic carbocycles. The molecule has 184 valence electrons. The molecule has 0 unspecified atom stereocenters. The first-order valence-electron chi connectivity index (χ1n) is 12.9. The van der Waals surface area contributed by atoms with Crippen LogP contribution in [0.1, 0.15) is 100 Å². The van der Waals surface area contributed by atoms with Gasteiger partial charge in [-0.25, -0.2) is 0 Å². The molecule has 4 rings (SSSR count). The van der Waals surface area contributed by atoms with Crippen LogP contribution in [0.5, 0.6) is 0 Å². The van der Waals surface area contributed by atoms with Crippen LogP contribution in [0.4, 0.5) is 0 Å². The summed E-state index contributed by atoms with van der Waals surface area (Å²) in [6.45, 7) is 21.8. The van der Waals surface area contributed by atoms with Crippen LogP contribution in [0.15, 0.2) is 43.7 Å². The van der Waals surface area contributed by atoms with Gasteiger partial charge in [0.15, 0.2) is 0 Å². The first kappa shape index (κ1) is 25.0. The second kappa shape index (κ2) is 9.49. The lowest BCUT2D eigenvalue weighted by molar-refractivity contribution is 0.965. The molecule has 2 aliphatic rings. The Labute approximate surface area is 210 Å². The predicted molar refractivity (Wildman–Crippen MR) is 152 cm³/mol. The van der Waals surface area contributed by atoms with E-state index < -0.39 is 0 Å². The van der Waals surface area contributed by atoms with Crippen LogP contribution in [0.3, 0.4) is 0 Å². The molecular weight excluding hydrogens is 428 g/mol. The van der Waals surface area contributed by atoms with Gasteiger partial charge in [-0.3, -0.25) is 9.98 Å². The fraction of sp³-hybridized carbons (Fsp3) is 0.419.